The standard InChI is InChI=1S/C11H13ClFN/c1-14(9-5-4-8-12)11-7-3-2-6-10(11)13/h2-7H,8-9H2,1H3. The quantitative estimate of drug-likeness (QED) is 0.549. The summed E-state index contributed by atoms with van der Waals surface area (Å²) in [5.41, 5.74) is 0.603. The van der Waals surface area contributed by atoms with Gasteiger partial charge in [0.05, 0.1) is 5.69 Å². The van der Waals surface area contributed by atoms with Crippen LogP contribution in [0.3, 0.4) is 0 Å². The SMILES string of the molecule is CN(CC=CCCl)c1ccccc1F. The summed E-state index contributed by atoms with van der Waals surface area (Å²) in [5.74, 6) is 0.291. The highest BCUT2D eigenvalue weighted by molar-refractivity contribution is 6.18. The predicted octanol–water partition coefficient (Wildman–Crippen LogP) is 3.06. The molecule has 0 aromatic heterocycles. The summed E-state index contributed by atoms with van der Waals surface area (Å²) in [6, 6.07) is 6.71. The minimum absolute atomic E-state index is 0.200. The fourth-order valence-corrected chi connectivity index (χ4v) is 1.28. The van der Waals surface area contributed by atoms with Crippen molar-refractivity contribution in [2.45, 2.75) is 0 Å². The molecule has 0 aliphatic heterocycles. The molecule has 0 atom stereocenters. The molecule has 1 aromatic rings. The van der Waals surface area contributed by atoms with E-state index in [1.807, 2.05) is 30.2 Å². The van der Waals surface area contributed by atoms with Gasteiger partial charge in [-0.15, -0.1) is 11.6 Å². The first-order valence-corrected chi connectivity index (χ1v) is 4.95. The lowest BCUT2D eigenvalue weighted by atomic mass is 10.3. The number of rotatable bonds is 4. The van der Waals surface area contributed by atoms with Crippen LogP contribution in [0.2, 0.25) is 0 Å². The van der Waals surface area contributed by atoms with Crippen LogP contribution in [0.1, 0.15) is 0 Å². The number of anilines is 1. The Morgan fingerprint density at radius 3 is 2.71 bits per heavy atom. The minimum Gasteiger partial charge on any atom is -0.369 e. The van der Waals surface area contributed by atoms with Crippen LogP contribution >= 0.6 is 11.6 Å². The molecule has 0 heterocycles. The maximum Gasteiger partial charge on any atom is 0.146 e. The first kappa shape index (κ1) is 11.1. The summed E-state index contributed by atoms with van der Waals surface area (Å²) in [5, 5.41) is 0. The van der Waals surface area contributed by atoms with Gasteiger partial charge in [0.15, 0.2) is 0 Å². The molecule has 1 rings (SSSR count). The Bertz CT molecular complexity index is 312. The van der Waals surface area contributed by atoms with Gasteiger partial charge in [0.2, 0.25) is 0 Å². The Kier molecular flexibility index (Phi) is 4.47. The number of alkyl halides is 1. The number of nitrogens with zero attached hydrogens (tertiary/aromatic N) is 1. The number of benzene rings is 1. The van der Waals surface area contributed by atoms with E-state index >= 15 is 0 Å². The second-order valence-corrected chi connectivity index (χ2v) is 3.27. The zero-order valence-corrected chi connectivity index (χ0v) is 8.84. The molecule has 76 valence electrons. The van der Waals surface area contributed by atoms with Crippen molar-refractivity contribution in [1.29, 1.82) is 0 Å². The first-order chi connectivity index (χ1) is 6.75. The molecule has 0 saturated carbocycles. The molecule has 0 radical (unpaired) electrons. The lowest BCUT2D eigenvalue weighted by molar-refractivity contribution is 0.624. The Hall–Kier alpha value is -1.02. The molecule has 0 saturated heterocycles. The molecular weight excluding hydrogens is 201 g/mol. The van der Waals surface area contributed by atoms with Gasteiger partial charge in [-0.3, -0.25) is 0 Å². The average Bonchev–Trinajstić information content (AvgIpc) is 2.18. The zero-order chi connectivity index (χ0) is 10.4. The normalized spacial score (nSPS) is 10.8. The zero-order valence-electron chi connectivity index (χ0n) is 8.08. The van der Waals surface area contributed by atoms with Gasteiger partial charge in [-0.2, -0.15) is 0 Å². The number of hydrogen-bond donors (Lipinski definition) is 0. The van der Waals surface area contributed by atoms with Gasteiger partial charge in [-0.1, -0.05) is 24.3 Å². The van der Waals surface area contributed by atoms with E-state index in [1.54, 1.807) is 12.1 Å². The van der Waals surface area contributed by atoms with E-state index in [9.17, 15) is 4.39 Å². The maximum atomic E-state index is 13.3. The highest BCUT2D eigenvalue weighted by Crippen LogP contribution is 2.16. The highest BCUT2D eigenvalue weighted by Gasteiger charge is 2.03. The number of halogens is 2. The van der Waals surface area contributed by atoms with E-state index in [1.165, 1.54) is 6.07 Å². The fraction of sp³-hybridized carbons (Fsp3) is 0.273. The topological polar surface area (TPSA) is 3.24 Å². The van der Waals surface area contributed by atoms with Crippen LogP contribution in [0.25, 0.3) is 0 Å². The van der Waals surface area contributed by atoms with Crippen molar-refractivity contribution < 1.29 is 4.39 Å². The van der Waals surface area contributed by atoms with Crippen LogP contribution in [-0.4, -0.2) is 19.5 Å². The Balaban J connectivity index is 2.65. The lowest BCUT2D eigenvalue weighted by Crippen LogP contribution is -2.17. The van der Waals surface area contributed by atoms with Crippen molar-refractivity contribution in [1.82, 2.24) is 0 Å². The van der Waals surface area contributed by atoms with E-state index in [4.69, 9.17) is 11.6 Å². The summed E-state index contributed by atoms with van der Waals surface area (Å²) >= 11 is 5.48. The van der Waals surface area contributed by atoms with Crippen LogP contribution in [0.15, 0.2) is 36.4 Å². The molecule has 0 N–H and O–H groups in total. The molecule has 14 heavy (non-hydrogen) atoms. The van der Waals surface area contributed by atoms with Gasteiger partial charge < -0.3 is 4.90 Å². The number of para-hydroxylation sites is 1. The minimum atomic E-state index is -0.200. The molecule has 0 aliphatic carbocycles. The van der Waals surface area contributed by atoms with Gasteiger partial charge in [-0.25, -0.2) is 4.39 Å². The summed E-state index contributed by atoms with van der Waals surface area (Å²) in [7, 11) is 1.84. The van der Waals surface area contributed by atoms with Crippen LogP contribution in [0, 0.1) is 5.82 Å². The van der Waals surface area contributed by atoms with Gasteiger partial charge >= 0.3 is 0 Å². The third-order valence-corrected chi connectivity index (χ3v) is 2.08. The van der Waals surface area contributed by atoms with Crippen molar-refractivity contribution in [3.8, 4) is 0 Å². The van der Waals surface area contributed by atoms with Crippen LogP contribution < -0.4 is 4.90 Å². The Labute approximate surface area is 88.8 Å². The van der Waals surface area contributed by atoms with Crippen molar-refractivity contribution in [2.24, 2.45) is 0 Å². The molecule has 1 nitrogen and oxygen atoms in total. The third kappa shape index (κ3) is 3.04. The van der Waals surface area contributed by atoms with E-state index in [0.717, 1.165) is 0 Å². The third-order valence-electron chi connectivity index (χ3n) is 1.90. The molecule has 0 unspecified atom stereocenters. The summed E-state index contributed by atoms with van der Waals surface area (Å²) in [4.78, 5) is 1.83. The molecule has 0 fully saturated rings. The number of likely N-dealkylation sites (N-methyl/N-ethyl adjacent to an activating group) is 1. The smallest absolute Gasteiger partial charge is 0.146 e. The number of allylic oxidation sites excluding steroid dienone is 1. The van der Waals surface area contributed by atoms with Gasteiger partial charge in [0, 0.05) is 19.5 Å². The van der Waals surface area contributed by atoms with Crippen molar-refractivity contribution in [3.63, 3.8) is 0 Å². The molecule has 0 aliphatic rings. The Morgan fingerprint density at radius 1 is 1.36 bits per heavy atom. The predicted molar refractivity (Wildman–Crippen MR) is 59.5 cm³/mol. The summed E-state index contributed by atoms with van der Waals surface area (Å²) < 4.78 is 13.3. The Morgan fingerprint density at radius 2 is 2.07 bits per heavy atom. The fourth-order valence-electron chi connectivity index (χ4n) is 1.16. The lowest BCUT2D eigenvalue weighted by Gasteiger charge is -2.17. The second kappa shape index (κ2) is 5.66. The van der Waals surface area contributed by atoms with Crippen molar-refractivity contribution in [2.75, 3.05) is 24.4 Å². The van der Waals surface area contributed by atoms with Crippen LogP contribution in [-0.2, 0) is 0 Å². The maximum absolute atomic E-state index is 13.3. The molecule has 3 heteroatoms. The van der Waals surface area contributed by atoms with Gasteiger partial charge in [0.25, 0.3) is 0 Å². The number of hydrogen-bond acceptors (Lipinski definition) is 1. The molecular formula is C11H13ClFN. The second-order valence-electron chi connectivity index (χ2n) is 2.96. The summed E-state index contributed by atoms with van der Waals surface area (Å²) in [6.07, 6.45) is 3.76. The molecule has 0 bridgehead atoms. The summed E-state index contributed by atoms with van der Waals surface area (Å²) in [6.45, 7) is 0.660. The monoisotopic (exact) mass is 213 g/mol. The largest absolute Gasteiger partial charge is 0.369 e. The van der Waals surface area contributed by atoms with Gasteiger partial charge in [0.1, 0.15) is 5.82 Å². The molecule has 0 spiro atoms. The highest BCUT2D eigenvalue weighted by atomic mass is 35.5. The van der Waals surface area contributed by atoms with Crippen LogP contribution in [0.4, 0.5) is 10.1 Å². The van der Waals surface area contributed by atoms with Crippen LogP contribution in [0.5, 0.6) is 0 Å². The van der Waals surface area contributed by atoms with Crippen molar-refractivity contribution in [3.05, 3.63) is 42.2 Å². The molecule has 1 aromatic carbocycles. The van der Waals surface area contributed by atoms with E-state index in [-0.39, 0.29) is 5.82 Å². The average molecular weight is 214 g/mol. The molecule has 0 amide bonds. The van der Waals surface area contributed by atoms with E-state index in [0.29, 0.717) is 18.1 Å². The first-order valence-electron chi connectivity index (χ1n) is 4.42. The van der Waals surface area contributed by atoms with E-state index in [2.05, 4.69) is 0 Å². The van der Waals surface area contributed by atoms with Crippen molar-refractivity contribution >= 4 is 17.3 Å². The van der Waals surface area contributed by atoms with Gasteiger partial charge in [-0.05, 0) is 12.1 Å². The van der Waals surface area contributed by atoms with E-state index < -0.39 is 0 Å².